The van der Waals surface area contributed by atoms with Gasteiger partial charge < -0.3 is 15.4 Å². The maximum Gasteiger partial charge on any atom is 0.0602 e. The van der Waals surface area contributed by atoms with Crippen LogP contribution in [0.3, 0.4) is 0 Å². The smallest absolute Gasteiger partial charge is 0.0602 e. The van der Waals surface area contributed by atoms with E-state index in [2.05, 4.69) is 34.7 Å². The lowest BCUT2D eigenvalue weighted by molar-refractivity contribution is 0.0371. The highest BCUT2D eigenvalue weighted by molar-refractivity contribution is 6.31. The van der Waals surface area contributed by atoms with Crippen molar-refractivity contribution in [3.8, 4) is 0 Å². The van der Waals surface area contributed by atoms with Gasteiger partial charge in [0.2, 0.25) is 0 Å². The van der Waals surface area contributed by atoms with E-state index in [-0.39, 0.29) is 5.54 Å². The van der Waals surface area contributed by atoms with Gasteiger partial charge in [0.1, 0.15) is 0 Å². The van der Waals surface area contributed by atoms with Crippen molar-refractivity contribution in [1.29, 1.82) is 0 Å². The first-order valence-corrected chi connectivity index (χ1v) is 10.1. The van der Waals surface area contributed by atoms with Crippen molar-refractivity contribution in [3.63, 3.8) is 0 Å². The molecule has 1 aliphatic carbocycles. The second kappa shape index (κ2) is 9.33. The number of benzene rings is 1. The molecule has 5 heteroatoms. The molecule has 0 amide bonds. The number of rotatable bonds is 7. The lowest BCUT2D eigenvalue weighted by atomic mass is 9.72. The van der Waals surface area contributed by atoms with Crippen LogP contribution in [0.4, 0.5) is 0 Å². The lowest BCUT2D eigenvalue weighted by Gasteiger charge is -2.45. The third-order valence-electron chi connectivity index (χ3n) is 5.85. The molecule has 1 heterocycles. The molecule has 2 fully saturated rings. The van der Waals surface area contributed by atoms with Gasteiger partial charge in [-0.25, -0.2) is 0 Å². The number of nitrogens with one attached hydrogen (secondary N) is 2. The Balaban J connectivity index is 1.60. The Morgan fingerprint density at radius 1 is 1.24 bits per heavy atom. The Hall–Kier alpha value is -0.650. The van der Waals surface area contributed by atoms with E-state index in [0.717, 1.165) is 50.8 Å². The third-order valence-corrected chi connectivity index (χ3v) is 6.18. The standard InChI is InChI=1S/C20H32ClN3O/c1-22-20(17-7-2-3-8-18(17)21)10-5-4-9-19(20)23-11-6-12-24-13-15-25-16-14-24/h2-3,7-8,19,22-23H,4-6,9-16H2,1H3/t19-,20-/m0/s1. The number of likely N-dealkylation sites (N-methyl/N-ethyl adjacent to an activating group) is 1. The molecule has 1 aliphatic heterocycles. The van der Waals surface area contributed by atoms with Gasteiger partial charge in [-0.15, -0.1) is 0 Å². The van der Waals surface area contributed by atoms with Crippen LogP contribution >= 0.6 is 11.6 Å². The van der Waals surface area contributed by atoms with Gasteiger partial charge in [0, 0.05) is 24.2 Å². The summed E-state index contributed by atoms with van der Waals surface area (Å²) in [5.41, 5.74) is 1.18. The van der Waals surface area contributed by atoms with Crippen LogP contribution in [0.1, 0.15) is 37.7 Å². The fourth-order valence-corrected chi connectivity index (χ4v) is 4.74. The van der Waals surface area contributed by atoms with Gasteiger partial charge in [-0.3, -0.25) is 4.90 Å². The van der Waals surface area contributed by atoms with Crippen molar-refractivity contribution >= 4 is 11.6 Å². The fourth-order valence-electron chi connectivity index (χ4n) is 4.43. The van der Waals surface area contributed by atoms with Crippen molar-refractivity contribution in [2.45, 2.75) is 43.7 Å². The van der Waals surface area contributed by atoms with Crippen LogP contribution in [0.2, 0.25) is 5.02 Å². The molecule has 1 aromatic carbocycles. The molecule has 1 saturated carbocycles. The van der Waals surface area contributed by atoms with Crippen LogP contribution in [0.5, 0.6) is 0 Å². The molecule has 140 valence electrons. The molecular weight excluding hydrogens is 334 g/mol. The number of morpholine rings is 1. The molecule has 2 atom stereocenters. The molecule has 1 saturated heterocycles. The van der Waals surface area contributed by atoms with Crippen molar-refractivity contribution in [3.05, 3.63) is 34.9 Å². The minimum Gasteiger partial charge on any atom is -0.379 e. The summed E-state index contributed by atoms with van der Waals surface area (Å²) in [5.74, 6) is 0. The van der Waals surface area contributed by atoms with Crippen LogP contribution < -0.4 is 10.6 Å². The molecule has 0 unspecified atom stereocenters. The third kappa shape index (κ3) is 4.55. The van der Waals surface area contributed by atoms with E-state index in [1.54, 1.807) is 0 Å². The SMILES string of the molecule is CN[C@]1(c2ccccc2Cl)CCCC[C@@H]1NCCCN1CCOCC1. The average Bonchev–Trinajstić information content (AvgIpc) is 2.67. The second-order valence-electron chi connectivity index (χ2n) is 7.26. The van der Waals surface area contributed by atoms with E-state index >= 15 is 0 Å². The average molecular weight is 366 g/mol. The van der Waals surface area contributed by atoms with E-state index in [1.807, 2.05) is 12.1 Å². The summed E-state index contributed by atoms with van der Waals surface area (Å²) < 4.78 is 5.43. The second-order valence-corrected chi connectivity index (χ2v) is 7.67. The Labute approximate surface area is 157 Å². The van der Waals surface area contributed by atoms with Gasteiger partial charge in [-0.05, 0) is 51.0 Å². The van der Waals surface area contributed by atoms with Gasteiger partial charge in [-0.2, -0.15) is 0 Å². The summed E-state index contributed by atoms with van der Waals surface area (Å²) >= 11 is 6.57. The molecule has 0 aromatic heterocycles. The topological polar surface area (TPSA) is 36.5 Å². The molecule has 25 heavy (non-hydrogen) atoms. The summed E-state index contributed by atoms with van der Waals surface area (Å²) in [5, 5.41) is 8.36. The zero-order valence-electron chi connectivity index (χ0n) is 15.4. The number of hydrogen-bond donors (Lipinski definition) is 2. The first-order chi connectivity index (χ1) is 12.3. The highest BCUT2D eigenvalue weighted by atomic mass is 35.5. The van der Waals surface area contributed by atoms with Crippen molar-refractivity contribution < 1.29 is 4.74 Å². The van der Waals surface area contributed by atoms with E-state index in [0.29, 0.717) is 6.04 Å². The Bertz CT molecular complexity index is 535. The highest BCUT2D eigenvalue weighted by Gasteiger charge is 2.41. The Morgan fingerprint density at radius 3 is 2.80 bits per heavy atom. The summed E-state index contributed by atoms with van der Waals surface area (Å²) in [4.78, 5) is 2.51. The van der Waals surface area contributed by atoms with Gasteiger partial charge in [0.15, 0.2) is 0 Å². The van der Waals surface area contributed by atoms with Crippen LogP contribution in [0, 0.1) is 0 Å². The summed E-state index contributed by atoms with van der Waals surface area (Å²) in [6, 6.07) is 8.75. The van der Waals surface area contributed by atoms with Gasteiger partial charge in [0.25, 0.3) is 0 Å². The largest absolute Gasteiger partial charge is 0.379 e. The Kier molecular flexibility index (Phi) is 7.14. The first-order valence-electron chi connectivity index (χ1n) is 9.74. The number of hydrogen-bond acceptors (Lipinski definition) is 4. The summed E-state index contributed by atoms with van der Waals surface area (Å²) in [7, 11) is 2.08. The van der Waals surface area contributed by atoms with Gasteiger partial charge >= 0.3 is 0 Å². The minimum absolute atomic E-state index is 0.0600. The predicted octanol–water partition coefficient (Wildman–Crippen LogP) is 3.01. The summed E-state index contributed by atoms with van der Waals surface area (Å²) in [6.45, 7) is 6.11. The highest BCUT2D eigenvalue weighted by Crippen LogP contribution is 2.40. The van der Waals surface area contributed by atoms with Crippen LogP contribution in [0.25, 0.3) is 0 Å². The number of ether oxygens (including phenoxy) is 1. The molecular formula is C20H32ClN3O. The molecule has 2 aliphatic rings. The van der Waals surface area contributed by atoms with E-state index < -0.39 is 0 Å². The number of halogens is 1. The number of nitrogens with zero attached hydrogens (tertiary/aromatic N) is 1. The van der Waals surface area contributed by atoms with Gasteiger partial charge in [0.05, 0.1) is 18.8 Å². The maximum absolute atomic E-state index is 6.57. The van der Waals surface area contributed by atoms with Crippen molar-refractivity contribution in [2.75, 3.05) is 46.4 Å². The first kappa shape index (κ1) is 19.1. The molecule has 0 spiro atoms. The fraction of sp³-hybridized carbons (Fsp3) is 0.700. The monoisotopic (exact) mass is 365 g/mol. The zero-order valence-corrected chi connectivity index (χ0v) is 16.2. The predicted molar refractivity (Wildman–Crippen MR) is 104 cm³/mol. The molecule has 0 bridgehead atoms. The van der Waals surface area contributed by atoms with Crippen LogP contribution in [-0.4, -0.2) is 57.4 Å². The van der Waals surface area contributed by atoms with Crippen molar-refractivity contribution in [2.24, 2.45) is 0 Å². The summed E-state index contributed by atoms with van der Waals surface area (Å²) in [6.07, 6.45) is 6.05. The van der Waals surface area contributed by atoms with Gasteiger partial charge in [-0.1, -0.05) is 42.6 Å². The van der Waals surface area contributed by atoms with E-state index in [9.17, 15) is 0 Å². The molecule has 2 N–H and O–H groups in total. The molecule has 4 nitrogen and oxygen atoms in total. The molecule has 0 radical (unpaired) electrons. The lowest BCUT2D eigenvalue weighted by Crippen LogP contribution is -2.58. The quantitative estimate of drug-likeness (QED) is 0.728. The molecule has 3 rings (SSSR count). The molecule has 1 aromatic rings. The Morgan fingerprint density at radius 2 is 2.04 bits per heavy atom. The van der Waals surface area contributed by atoms with E-state index in [4.69, 9.17) is 16.3 Å². The minimum atomic E-state index is -0.0600. The normalized spacial score (nSPS) is 28.2. The van der Waals surface area contributed by atoms with Crippen LogP contribution in [-0.2, 0) is 10.3 Å². The van der Waals surface area contributed by atoms with Crippen molar-refractivity contribution in [1.82, 2.24) is 15.5 Å². The zero-order chi connectivity index (χ0) is 17.5. The maximum atomic E-state index is 6.57. The van der Waals surface area contributed by atoms with E-state index in [1.165, 1.54) is 31.2 Å². The van der Waals surface area contributed by atoms with Crippen LogP contribution in [0.15, 0.2) is 24.3 Å².